The molecule has 2 N–H and O–H groups in total. The molecule has 1 aliphatic heterocycles. The molecule has 4 nitrogen and oxygen atoms in total. The van der Waals surface area contributed by atoms with Crippen molar-refractivity contribution in [3.05, 3.63) is 0 Å². The molecule has 0 bridgehead atoms. The van der Waals surface area contributed by atoms with Crippen molar-refractivity contribution in [2.75, 3.05) is 26.2 Å². The number of hydrogen-bond donors (Lipinski definition) is 2. The van der Waals surface area contributed by atoms with Crippen LogP contribution in [0.2, 0.25) is 0 Å². The van der Waals surface area contributed by atoms with E-state index < -0.39 is 0 Å². The first-order chi connectivity index (χ1) is 10.2. The fourth-order valence-electron chi connectivity index (χ4n) is 3.58. The molecule has 1 heterocycles. The third kappa shape index (κ3) is 5.95. The summed E-state index contributed by atoms with van der Waals surface area (Å²) in [6.07, 6.45) is 8.69. The molecule has 1 unspecified atom stereocenters. The molecular formula is C17H33N3O. The first-order valence-electron chi connectivity index (χ1n) is 8.92. The number of nitrogens with one attached hydrogen (secondary N) is 2. The lowest BCUT2D eigenvalue weighted by Crippen LogP contribution is -2.48. The Morgan fingerprint density at radius 2 is 1.95 bits per heavy atom. The Morgan fingerprint density at radius 1 is 1.19 bits per heavy atom. The largest absolute Gasteiger partial charge is 0.352 e. The second kappa shape index (κ2) is 8.74. The van der Waals surface area contributed by atoms with E-state index in [4.69, 9.17) is 0 Å². The van der Waals surface area contributed by atoms with E-state index in [9.17, 15) is 4.79 Å². The molecule has 1 atom stereocenters. The number of likely N-dealkylation sites (N-methyl/N-ethyl adjacent to an activating group) is 1. The number of hydrogen-bond acceptors (Lipinski definition) is 3. The second-order valence-electron chi connectivity index (χ2n) is 7.00. The molecule has 2 aliphatic rings. The number of carbonyl (C=O) groups excluding carboxylic acids is 1. The van der Waals surface area contributed by atoms with Crippen LogP contribution in [0.5, 0.6) is 0 Å². The van der Waals surface area contributed by atoms with E-state index >= 15 is 0 Å². The molecule has 0 aromatic carbocycles. The van der Waals surface area contributed by atoms with Crippen molar-refractivity contribution in [2.24, 2.45) is 5.92 Å². The summed E-state index contributed by atoms with van der Waals surface area (Å²) in [5, 5.41) is 6.81. The van der Waals surface area contributed by atoms with E-state index in [2.05, 4.69) is 29.4 Å². The number of carbonyl (C=O) groups is 1. The van der Waals surface area contributed by atoms with Gasteiger partial charge in [-0.3, -0.25) is 9.69 Å². The number of amides is 1. The van der Waals surface area contributed by atoms with Crippen LogP contribution in [0.1, 0.15) is 58.8 Å². The summed E-state index contributed by atoms with van der Waals surface area (Å²) in [6, 6.07) is 0.988. The third-order valence-electron chi connectivity index (χ3n) is 5.09. The molecule has 0 spiro atoms. The molecule has 1 saturated heterocycles. The minimum absolute atomic E-state index is 0.215. The highest BCUT2D eigenvalue weighted by molar-refractivity contribution is 5.78. The number of piperidine rings is 1. The van der Waals surface area contributed by atoms with Gasteiger partial charge in [-0.05, 0) is 57.5 Å². The summed E-state index contributed by atoms with van der Waals surface area (Å²) in [4.78, 5) is 14.5. The summed E-state index contributed by atoms with van der Waals surface area (Å²) in [6.45, 7) is 8.11. The first-order valence-corrected chi connectivity index (χ1v) is 8.92. The smallest absolute Gasteiger partial charge is 0.234 e. The van der Waals surface area contributed by atoms with Crippen LogP contribution in [0.4, 0.5) is 0 Å². The highest BCUT2D eigenvalue weighted by atomic mass is 16.2. The summed E-state index contributed by atoms with van der Waals surface area (Å²) >= 11 is 0. The van der Waals surface area contributed by atoms with Gasteiger partial charge in [-0.2, -0.15) is 0 Å². The summed E-state index contributed by atoms with van der Waals surface area (Å²) in [5.41, 5.74) is 0. The van der Waals surface area contributed by atoms with Crippen molar-refractivity contribution >= 4 is 5.91 Å². The van der Waals surface area contributed by atoms with Crippen LogP contribution in [0.25, 0.3) is 0 Å². The lowest BCUT2D eigenvalue weighted by molar-refractivity contribution is -0.123. The Bertz CT molecular complexity index is 307. The van der Waals surface area contributed by atoms with Gasteiger partial charge < -0.3 is 10.6 Å². The number of rotatable bonds is 6. The van der Waals surface area contributed by atoms with Gasteiger partial charge in [-0.1, -0.05) is 20.3 Å². The molecular weight excluding hydrogens is 262 g/mol. The van der Waals surface area contributed by atoms with Crippen molar-refractivity contribution in [3.8, 4) is 0 Å². The average Bonchev–Trinajstić information content (AvgIpc) is 2.50. The summed E-state index contributed by atoms with van der Waals surface area (Å²) < 4.78 is 0. The molecule has 2 fully saturated rings. The summed E-state index contributed by atoms with van der Waals surface area (Å²) in [5.74, 6) is 1.05. The van der Waals surface area contributed by atoms with Crippen LogP contribution in [-0.2, 0) is 4.79 Å². The van der Waals surface area contributed by atoms with Gasteiger partial charge in [-0.25, -0.2) is 0 Å². The zero-order valence-electron chi connectivity index (χ0n) is 13.9. The molecule has 21 heavy (non-hydrogen) atoms. The zero-order chi connectivity index (χ0) is 15.1. The van der Waals surface area contributed by atoms with Crippen LogP contribution in [-0.4, -0.2) is 49.1 Å². The van der Waals surface area contributed by atoms with Gasteiger partial charge in [0.2, 0.25) is 5.91 Å². The molecule has 0 radical (unpaired) electrons. The van der Waals surface area contributed by atoms with Crippen molar-refractivity contribution in [1.82, 2.24) is 15.5 Å². The van der Waals surface area contributed by atoms with Crippen molar-refractivity contribution in [3.63, 3.8) is 0 Å². The van der Waals surface area contributed by atoms with Gasteiger partial charge in [0.15, 0.2) is 0 Å². The maximum absolute atomic E-state index is 12.2. The molecule has 4 heteroatoms. The molecule has 1 saturated carbocycles. The number of nitrogens with zero attached hydrogens (tertiary/aromatic N) is 1. The maximum atomic E-state index is 12.2. The van der Waals surface area contributed by atoms with E-state index in [0.717, 1.165) is 38.4 Å². The van der Waals surface area contributed by atoms with Crippen molar-refractivity contribution in [2.45, 2.75) is 70.9 Å². The lowest BCUT2D eigenvalue weighted by atomic mass is 9.87. The van der Waals surface area contributed by atoms with Crippen molar-refractivity contribution < 1.29 is 4.79 Å². The van der Waals surface area contributed by atoms with E-state index in [1.165, 1.54) is 32.1 Å². The van der Waals surface area contributed by atoms with Gasteiger partial charge in [0.25, 0.3) is 0 Å². The Hall–Kier alpha value is -0.610. The van der Waals surface area contributed by atoms with Gasteiger partial charge in [0, 0.05) is 18.6 Å². The molecule has 1 aliphatic carbocycles. The molecule has 122 valence electrons. The topological polar surface area (TPSA) is 44.4 Å². The molecule has 0 aromatic rings. The first kappa shape index (κ1) is 16.8. The van der Waals surface area contributed by atoms with Crippen LogP contribution in [0, 0.1) is 5.92 Å². The Morgan fingerprint density at radius 3 is 2.57 bits per heavy atom. The molecule has 1 amide bonds. The fourth-order valence-corrected chi connectivity index (χ4v) is 3.58. The maximum Gasteiger partial charge on any atom is 0.234 e. The predicted octanol–water partition coefficient (Wildman–Crippen LogP) is 2.15. The van der Waals surface area contributed by atoms with Gasteiger partial charge in [-0.15, -0.1) is 0 Å². The predicted molar refractivity (Wildman–Crippen MR) is 87.3 cm³/mol. The van der Waals surface area contributed by atoms with Gasteiger partial charge in [0.05, 0.1) is 6.54 Å². The highest BCUT2D eigenvalue weighted by Crippen LogP contribution is 2.23. The highest BCUT2D eigenvalue weighted by Gasteiger charge is 2.21. The molecule has 0 aromatic heterocycles. The van der Waals surface area contributed by atoms with Crippen LogP contribution in [0.15, 0.2) is 0 Å². The van der Waals surface area contributed by atoms with E-state index in [1.807, 2.05) is 0 Å². The monoisotopic (exact) mass is 295 g/mol. The van der Waals surface area contributed by atoms with E-state index in [0.29, 0.717) is 18.6 Å². The van der Waals surface area contributed by atoms with Crippen LogP contribution in [0.3, 0.4) is 0 Å². The quantitative estimate of drug-likeness (QED) is 0.789. The van der Waals surface area contributed by atoms with E-state index in [-0.39, 0.29) is 5.91 Å². The van der Waals surface area contributed by atoms with Crippen LogP contribution < -0.4 is 10.6 Å². The molecule has 2 rings (SSSR count). The van der Waals surface area contributed by atoms with Gasteiger partial charge >= 0.3 is 0 Å². The van der Waals surface area contributed by atoms with Crippen molar-refractivity contribution in [1.29, 1.82) is 0 Å². The fraction of sp³-hybridized carbons (Fsp3) is 0.941. The standard InChI is InChI=1S/C17H33N3O/c1-3-20(12-16-6-4-5-11-18-16)13-17(21)19-15-9-7-14(2)8-10-15/h14-16,18H,3-13H2,1-2H3,(H,19,21). The van der Waals surface area contributed by atoms with Crippen LogP contribution >= 0.6 is 0 Å². The van der Waals surface area contributed by atoms with E-state index in [1.54, 1.807) is 0 Å². The Balaban J connectivity index is 1.69. The Kier molecular flexibility index (Phi) is 6.97. The third-order valence-corrected chi connectivity index (χ3v) is 5.09. The normalized spacial score (nSPS) is 30.3. The average molecular weight is 295 g/mol. The summed E-state index contributed by atoms with van der Waals surface area (Å²) in [7, 11) is 0. The lowest BCUT2D eigenvalue weighted by Gasteiger charge is -2.31. The van der Waals surface area contributed by atoms with Gasteiger partial charge in [0.1, 0.15) is 0 Å². The minimum atomic E-state index is 0.215. The zero-order valence-corrected chi connectivity index (χ0v) is 13.9. The SMILES string of the molecule is CCN(CC(=O)NC1CCC(C)CC1)CC1CCCCN1. The second-order valence-corrected chi connectivity index (χ2v) is 7.00. The minimum Gasteiger partial charge on any atom is -0.352 e. The Labute approximate surface area is 130 Å².